The molecule has 0 aromatic rings. The Morgan fingerprint density at radius 2 is 2.11 bits per heavy atom. The molecule has 1 heterocycles. The zero-order valence-corrected chi connectivity index (χ0v) is 15.8. The Kier molecular flexibility index (Phi) is 5.05. The van der Waals surface area contributed by atoms with Crippen molar-refractivity contribution >= 4 is 11.9 Å². The van der Waals surface area contributed by atoms with E-state index in [0.717, 1.165) is 0 Å². The van der Waals surface area contributed by atoms with Gasteiger partial charge in [-0.05, 0) is 32.8 Å². The van der Waals surface area contributed by atoms with Crippen molar-refractivity contribution in [3.63, 3.8) is 0 Å². The van der Waals surface area contributed by atoms with Crippen LogP contribution in [0.25, 0.3) is 0 Å². The molecule has 148 valence electrons. The molecule has 7 nitrogen and oxygen atoms in total. The van der Waals surface area contributed by atoms with Crippen molar-refractivity contribution in [2.75, 3.05) is 6.61 Å². The van der Waals surface area contributed by atoms with Gasteiger partial charge in [0.05, 0.1) is 24.2 Å². The molecule has 1 aliphatic heterocycles. The van der Waals surface area contributed by atoms with E-state index in [1.807, 2.05) is 0 Å². The average molecular weight is 378 g/mol. The normalized spacial score (nSPS) is 39.0. The number of allylic oxidation sites excluding steroid dienone is 1. The van der Waals surface area contributed by atoms with Gasteiger partial charge in [0.15, 0.2) is 0 Å². The molecule has 0 amide bonds. The molecule has 2 aliphatic carbocycles. The van der Waals surface area contributed by atoms with Crippen LogP contribution in [0.15, 0.2) is 34.9 Å². The number of fused-ring (bicyclic) bond motifs is 3. The fraction of sp³-hybridized carbons (Fsp3) is 0.600. The van der Waals surface area contributed by atoms with Crippen molar-refractivity contribution in [3.05, 3.63) is 34.9 Å². The highest BCUT2D eigenvalue weighted by Crippen LogP contribution is 2.52. The van der Waals surface area contributed by atoms with E-state index in [1.54, 1.807) is 19.9 Å². The summed E-state index contributed by atoms with van der Waals surface area (Å²) >= 11 is 0. The third-order valence-corrected chi connectivity index (χ3v) is 6.19. The standard InChI is InChI=1S/C20H26O7/c1-5-9(2)18(23)26-13-6-11(8-21)12-7-14(22)20(4,25)16(12)17-15(13)10(3)19(24)27-17/h5,13-17,21-22,25H,3,6-8H2,1-2,4H3/b9-5-/t13-,14+,15-,16-,17+,20+/m1/s1. The third kappa shape index (κ3) is 3.03. The van der Waals surface area contributed by atoms with E-state index in [9.17, 15) is 24.9 Å². The highest BCUT2D eigenvalue weighted by atomic mass is 16.6. The number of aliphatic hydroxyl groups is 3. The van der Waals surface area contributed by atoms with Crippen molar-refractivity contribution < 1.29 is 34.4 Å². The molecule has 6 atom stereocenters. The summed E-state index contributed by atoms with van der Waals surface area (Å²) in [6, 6.07) is 0. The minimum absolute atomic E-state index is 0.162. The van der Waals surface area contributed by atoms with Crippen LogP contribution >= 0.6 is 0 Å². The van der Waals surface area contributed by atoms with Crippen LogP contribution in [-0.4, -0.2) is 57.8 Å². The van der Waals surface area contributed by atoms with Crippen LogP contribution in [0, 0.1) is 11.8 Å². The van der Waals surface area contributed by atoms with Crippen molar-refractivity contribution in [1.29, 1.82) is 0 Å². The second-order valence-corrected chi connectivity index (χ2v) is 7.75. The van der Waals surface area contributed by atoms with Crippen molar-refractivity contribution in [1.82, 2.24) is 0 Å². The smallest absolute Gasteiger partial charge is 0.334 e. The minimum Gasteiger partial charge on any atom is -0.458 e. The van der Waals surface area contributed by atoms with E-state index in [2.05, 4.69) is 6.58 Å². The van der Waals surface area contributed by atoms with Crippen LogP contribution < -0.4 is 0 Å². The fourth-order valence-corrected chi connectivity index (χ4v) is 4.45. The van der Waals surface area contributed by atoms with Gasteiger partial charge < -0.3 is 24.8 Å². The predicted molar refractivity (Wildman–Crippen MR) is 95.3 cm³/mol. The number of carbonyl (C=O) groups excluding carboxylic acids is 2. The molecule has 27 heavy (non-hydrogen) atoms. The number of hydrogen-bond acceptors (Lipinski definition) is 7. The van der Waals surface area contributed by atoms with Gasteiger partial charge >= 0.3 is 11.9 Å². The molecule has 0 radical (unpaired) electrons. The van der Waals surface area contributed by atoms with Crippen LogP contribution in [0.5, 0.6) is 0 Å². The highest BCUT2D eigenvalue weighted by molar-refractivity contribution is 5.92. The van der Waals surface area contributed by atoms with E-state index in [-0.39, 0.29) is 25.0 Å². The molecule has 3 rings (SSSR count). The number of hydrogen-bond donors (Lipinski definition) is 3. The van der Waals surface area contributed by atoms with E-state index < -0.39 is 47.7 Å². The molecule has 1 saturated carbocycles. The van der Waals surface area contributed by atoms with Gasteiger partial charge in [-0.3, -0.25) is 0 Å². The Morgan fingerprint density at radius 1 is 1.44 bits per heavy atom. The van der Waals surface area contributed by atoms with Gasteiger partial charge in [0, 0.05) is 23.5 Å². The zero-order chi connectivity index (χ0) is 20.1. The first-order chi connectivity index (χ1) is 12.6. The number of rotatable bonds is 3. The summed E-state index contributed by atoms with van der Waals surface area (Å²) in [6.45, 7) is 8.35. The average Bonchev–Trinajstić information content (AvgIpc) is 2.97. The number of aliphatic hydroxyl groups excluding tert-OH is 2. The summed E-state index contributed by atoms with van der Waals surface area (Å²) in [5.41, 5.74) is 0.306. The Bertz CT molecular complexity index is 745. The molecule has 2 fully saturated rings. The lowest BCUT2D eigenvalue weighted by molar-refractivity contribution is -0.153. The van der Waals surface area contributed by atoms with E-state index in [4.69, 9.17) is 9.47 Å². The van der Waals surface area contributed by atoms with E-state index in [0.29, 0.717) is 16.7 Å². The molecule has 7 heteroatoms. The molecule has 3 aliphatic rings. The number of ether oxygens (including phenoxy) is 2. The van der Waals surface area contributed by atoms with Gasteiger partial charge in [-0.25, -0.2) is 9.59 Å². The van der Waals surface area contributed by atoms with Crippen molar-refractivity contribution in [3.8, 4) is 0 Å². The molecular weight excluding hydrogens is 352 g/mol. The van der Waals surface area contributed by atoms with Gasteiger partial charge in [-0.15, -0.1) is 0 Å². The van der Waals surface area contributed by atoms with Crippen LogP contribution in [0.4, 0.5) is 0 Å². The largest absolute Gasteiger partial charge is 0.458 e. The number of esters is 2. The van der Waals surface area contributed by atoms with Crippen LogP contribution in [0.1, 0.15) is 33.6 Å². The lowest BCUT2D eigenvalue weighted by Gasteiger charge is -2.34. The summed E-state index contributed by atoms with van der Waals surface area (Å²) in [7, 11) is 0. The summed E-state index contributed by atoms with van der Waals surface area (Å²) in [5, 5.41) is 31.2. The molecular formula is C20H26O7. The van der Waals surface area contributed by atoms with Gasteiger partial charge in [0.25, 0.3) is 0 Å². The first-order valence-electron chi connectivity index (χ1n) is 9.09. The Morgan fingerprint density at radius 3 is 2.70 bits per heavy atom. The second kappa shape index (κ2) is 6.89. The van der Waals surface area contributed by atoms with Crippen molar-refractivity contribution in [2.45, 2.75) is 57.5 Å². The summed E-state index contributed by atoms with van der Waals surface area (Å²) in [4.78, 5) is 24.6. The Balaban J connectivity index is 2.08. The van der Waals surface area contributed by atoms with Crippen LogP contribution in [-0.2, 0) is 19.1 Å². The quantitative estimate of drug-likeness (QED) is 0.378. The zero-order valence-electron chi connectivity index (χ0n) is 15.8. The molecule has 1 saturated heterocycles. The second-order valence-electron chi connectivity index (χ2n) is 7.75. The molecule has 0 spiro atoms. The van der Waals surface area contributed by atoms with E-state index in [1.165, 1.54) is 6.92 Å². The topological polar surface area (TPSA) is 113 Å². The summed E-state index contributed by atoms with van der Waals surface area (Å²) < 4.78 is 11.2. The number of carbonyl (C=O) groups is 2. The minimum atomic E-state index is -1.54. The van der Waals surface area contributed by atoms with E-state index >= 15 is 0 Å². The summed E-state index contributed by atoms with van der Waals surface area (Å²) in [6.07, 6.45) is -0.649. The maximum atomic E-state index is 12.3. The summed E-state index contributed by atoms with van der Waals surface area (Å²) in [5.74, 6) is -2.48. The van der Waals surface area contributed by atoms with Gasteiger partial charge in [-0.2, -0.15) is 0 Å². The highest BCUT2D eigenvalue weighted by Gasteiger charge is 2.60. The predicted octanol–water partition coefficient (Wildman–Crippen LogP) is 0.787. The Labute approximate surface area is 158 Å². The fourth-order valence-electron chi connectivity index (χ4n) is 4.45. The molecule has 3 N–H and O–H groups in total. The molecule has 0 aromatic carbocycles. The van der Waals surface area contributed by atoms with Gasteiger partial charge in [0.1, 0.15) is 12.2 Å². The maximum absolute atomic E-state index is 12.3. The monoisotopic (exact) mass is 378 g/mol. The van der Waals surface area contributed by atoms with Crippen LogP contribution in [0.3, 0.4) is 0 Å². The molecule has 0 aromatic heterocycles. The lowest BCUT2D eigenvalue weighted by atomic mass is 9.78. The Hall–Kier alpha value is -1.96. The molecule has 0 unspecified atom stereocenters. The first-order valence-corrected chi connectivity index (χ1v) is 9.09. The van der Waals surface area contributed by atoms with Crippen molar-refractivity contribution in [2.24, 2.45) is 11.8 Å². The van der Waals surface area contributed by atoms with Gasteiger partial charge in [-0.1, -0.05) is 18.2 Å². The lowest BCUT2D eigenvalue weighted by Crippen LogP contribution is -2.48. The maximum Gasteiger partial charge on any atom is 0.334 e. The molecule has 0 bridgehead atoms. The van der Waals surface area contributed by atoms with Gasteiger partial charge in [0.2, 0.25) is 0 Å². The third-order valence-electron chi connectivity index (χ3n) is 6.19. The SMILES string of the molecule is C=C1C(=O)O[C@H]2[C@H]1[C@H](OC(=O)/C(C)=C\C)CC(CO)=C1C[C@H](O)[C@](C)(O)[C@H]12. The van der Waals surface area contributed by atoms with Crippen LogP contribution in [0.2, 0.25) is 0 Å². The first kappa shape index (κ1) is 19.8.